The highest BCUT2D eigenvalue weighted by molar-refractivity contribution is 5.56. The highest BCUT2D eigenvalue weighted by atomic mass is 16.5. The van der Waals surface area contributed by atoms with Crippen LogP contribution in [0.5, 0.6) is 5.75 Å². The van der Waals surface area contributed by atoms with Crippen LogP contribution in [0.4, 0.5) is 5.95 Å². The zero-order valence-electron chi connectivity index (χ0n) is 14.2. The van der Waals surface area contributed by atoms with Crippen LogP contribution >= 0.6 is 0 Å². The fraction of sp³-hybridized carbons (Fsp3) is 0.471. The van der Waals surface area contributed by atoms with Gasteiger partial charge in [-0.1, -0.05) is 13.8 Å². The van der Waals surface area contributed by atoms with Crippen molar-refractivity contribution in [1.82, 2.24) is 15.0 Å². The van der Waals surface area contributed by atoms with Gasteiger partial charge in [0.1, 0.15) is 12.4 Å². The minimum absolute atomic E-state index is 0.231. The van der Waals surface area contributed by atoms with Crippen molar-refractivity contribution in [2.75, 3.05) is 12.3 Å². The van der Waals surface area contributed by atoms with Crippen molar-refractivity contribution in [2.24, 2.45) is 11.7 Å². The van der Waals surface area contributed by atoms with Crippen LogP contribution in [-0.4, -0.2) is 27.1 Å². The molecule has 0 fully saturated rings. The maximum Gasteiger partial charge on any atom is 0.220 e. The Morgan fingerprint density at radius 2 is 1.87 bits per heavy atom. The van der Waals surface area contributed by atoms with E-state index in [0.29, 0.717) is 18.2 Å². The molecule has 6 nitrogen and oxygen atoms in total. The Balaban J connectivity index is 2.11. The van der Waals surface area contributed by atoms with E-state index in [-0.39, 0.29) is 11.5 Å². The van der Waals surface area contributed by atoms with E-state index in [1.165, 1.54) is 0 Å². The molecule has 4 N–H and O–H groups in total. The summed E-state index contributed by atoms with van der Waals surface area (Å²) >= 11 is 0. The van der Waals surface area contributed by atoms with Gasteiger partial charge in [-0.25, -0.2) is 15.0 Å². The van der Waals surface area contributed by atoms with Gasteiger partial charge < -0.3 is 16.2 Å². The molecule has 0 radical (unpaired) electrons. The number of hydrogen-bond acceptors (Lipinski definition) is 6. The predicted octanol–water partition coefficient (Wildman–Crippen LogP) is 2.57. The van der Waals surface area contributed by atoms with Gasteiger partial charge in [0.2, 0.25) is 5.95 Å². The maximum absolute atomic E-state index is 6.28. The predicted molar refractivity (Wildman–Crippen MR) is 92.0 cm³/mol. The lowest BCUT2D eigenvalue weighted by atomic mass is 9.93. The summed E-state index contributed by atoms with van der Waals surface area (Å²) in [6.45, 7) is 8.67. The number of nitrogens with two attached hydrogens (primary N) is 2. The van der Waals surface area contributed by atoms with Crippen LogP contribution in [0, 0.1) is 12.8 Å². The lowest BCUT2D eigenvalue weighted by molar-refractivity contribution is 0.205. The van der Waals surface area contributed by atoms with Crippen molar-refractivity contribution < 1.29 is 4.74 Å². The molecule has 2 aromatic heterocycles. The number of rotatable bonds is 6. The summed E-state index contributed by atoms with van der Waals surface area (Å²) in [6, 6.07) is 5.53. The number of hydrogen-bond donors (Lipinski definition) is 2. The Bertz CT molecular complexity index is 670. The molecule has 0 saturated heterocycles. The van der Waals surface area contributed by atoms with E-state index in [4.69, 9.17) is 16.2 Å². The van der Waals surface area contributed by atoms with E-state index in [1.54, 1.807) is 12.3 Å². The molecule has 124 valence electrons. The van der Waals surface area contributed by atoms with Gasteiger partial charge in [0.05, 0.1) is 17.1 Å². The third-order valence-electron chi connectivity index (χ3n) is 3.41. The van der Waals surface area contributed by atoms with Gasteiger partial charge in [-0.15, -0.1) is 0 Å². The summed E-state index contributed by atoms with van der Waals surface area (Å²) in [5, 5.41) is 0. The summed E-state index contributed by atoms with van der Waals surface area (Å²) in [5.41, 5.74) is 13.7. The molecule has 0 unspecified atom stereocenters. The lowest BCUT2D eigenvalue weighted by Gasteiger charge is -2.26. The fourth-order valence-electron chi connectivity index (χ4n) is 2.59. The van der Waals surface area contributed by atoms with Crippen molar-refractivity contribution in [3.8, 4) is 17.1 Å². The molecule has 23 heavy (non-hydrogen) atoms. The van der Waals surface area contributed by atoms with Gasteiger partial charge >= 0.3 is 0 Å². The molecule has 0 aliphatic rings. The second kappa shape index (κ2) is 6.91. The Morgan fingerprint density at radius 3 is 2.48 bits per heavy atom. The van der Waals surface area contributed by atoms with Gasteiger partial charge in [-0.3, -0.25) is 0 Å². The minimum atomic E-state index is -0.361. The number of aromatic nitrogens is 3. The molecule has 1 atom stereocenters. The standard InChI is InChI=1S/C17H25N5O/c1-11(2)9-17(4,19)10-23-15-6-5-13(21-12(15)3)14-7-8-20-16(18)22-14/h5-8,11H,9-10,19H2,1-4H3,(H2,18,20,22)/t17-/m0/s1. The third kappa shape index (κ3) is 4.89. The van der Waals surface area contributed by atoms with Crippen molar-refractivity contribution in [1.29, 1.82) is 0 Å². The second-order valence-electron chi connectivity index (χ2n) is 6.62. The zero-order chi connectivity index (χ0) is 17.0. The van der Waals surface area contributed by atoms with Crippen LogP contribution in [0.3, 0.4) is 0 Å². The first-order valence-electron chi connectivity index (χ1n) is 7.75. The van der Waals surface area contributed by atoms with Crippen LogP contribution in [0.2, 0.25) is 0 Å². The fourth-order valence-corrected chi connectivity index (χ4v) is 2.59. The van der Waals surface area contributed by atoms with Crippen LogP contribution in [-0.2, 0) is 0 Å². The Labute approximate surface area is 137 Å². The average molecular weight is 315 g/mol. The smallest absolute Gasteiger partial charge is 0.220 e. The zero-order valence-corrected chi connectivity index (χ0v) is 14.2. The monoisotopic (exact) mass is 315 g/mol. The summed E-state index contributed by atoms with van der Waals surface area (Å²) in [6.07, 6.45) is 2.52. The first kappa shape index (κ1) is 17.1. The molecular formula is C17H25N5O. The molecular weight excluding hydrogens is 290 g/mol. The summed E-state index contributed by atoms with van der Waals surface area (Å²) in [4.78, 5) is 12.6. The minimum Gasteiger partial charge on any atom is -0.490 e. The molecule has 0 bridgehead atoms. The highest BCUT2D eigenvalue weighted by Crippen LogP contribution is 2.23. The van der Waals surface area contributed by atoms with Crippen LogP contribution in [0.25, 0.3) is 11.4 Å². The lowest BCUT2D eigenvalue weighted by Crippen LogP contribution is -2.43. The molecule has 6 heteroatoms. The van der Waals surface area contributed by atoms with Crippen LogP contribution in [0.15, 0.2) is 24.4 Å². The topological polar surface area (TPSA) is 99.9 Å². The number of ether oxygens (including phenoxy) is 1. The number of pyridine rings is 1. The Morgan fingerprint density at radius 1 is 1.17 bits per heavy atom. The van der Waals surface area contributed by atoms with Crippen molar-refractivity contribution >= 4 is 5.95 Å². The van der Waals surface area contributed by atoms with Crippen LogP contribution in [0.1, 0.15) is 32.9 Å². The van der Waals surface area contributed by atoms with Gasteiger partial charge in [0.15, 0.2) is 0 Å². The first-order valence-corrected chi connectivity index (χ1v) is 7.75. The van der Waals surface area contributed by atoms with E-state index >= 15 is 0 Å². The summed E-state index contributed by atoms with van der Waals surface area (Å²) in [5.74, 6) is 1.49. The van der Waals surface area contributed by atoms with E-state index in [2.05, 4.69) is 28.8 Å². The van der Waals surface area contributed by atoms with E-state index in [1.807, 2.05) is 26.0 Å². The van der Waals surface area contributed by atoms with E-state index < -0.39 is 0 Å². The normalized spacial score (nSPS) is 13.8. The van der Waals surface area contributed by atoms with Gasteiger partial charge in [-0.05, 0) is 44.4 Å². The number of anilines is 1. The van der Waals surface area contributed by atoms with E-state index in [9.17, 15) is 0 Å². The van der Waals surface area contributed by atoms with Gasteiger partial charge in [0, 0.05) is 11.7 Å². The molecule has 2 rings (SSSR count). The number of nitrogen functional groups attached to an aromatic ring is 1. The Kier molecular flexibility index (Phi) is 5.15. The Hall–Kier alpha value is -2.21. The quantitative estimate of drug-likeness (QED) is 0.850. The third-order valence-corrected chi connectivity index (χ3v) is 3.41. The maximum atomic E-state index is 6.28. The molecule has 2 heterocycles. The average Bonchev–Trinajstić information content (AvgIpc) is 2.44. The molecule has 0 aliphatic carbocycles. The molecule has 0 saturated carbocycles. The van der Waals surface area contributed by atoms with Crippen LogP contribution < -0.4 is 16.2 Å². The SMILES string of the molecule is Cc1nc(-c2ccnc(N)n2)ccc1OC[C@@](C)(N)CC(C)C. The molecule has 0 spiro atoms. The number of nitrogens with zero attached hydrogens (tertiary/aromatic N) is 3. The largest absolute Gasteiger partial charge is 0.490 e. The second-order valence-corrected chi connectivity index (χ2v) is 6.62. The van der Waals surface area contributed by atoms with Crippen molar-refractivity contribution in [3.63, 3.8) is 0 Å². The highest BCUT2D eigenvalue weighted by Gasteiger charge is 2.21. The molecule has 0 amide bonds. The molecule has 0 aliphatic heterocycles. The summed E-state index contributed by atoms with van der Waals surface area (Å²) < 4.78 is 5.87. The van der Waals surface area contributed by atoms with Crippen molar-refractivity contribution in [3.05, 3.63) is 30.1 Å². The van der Waals surface area contributed by atoms with Gasteiger partial charge in [0.25, 0.3) is 0 Å². The summed E-state index contributed by atoms with van der Waals surface area (Å²) in [7, 11) is 0. The molecule has 2 aromatic rings. The van der Waals surface area contributed by atoms with E-state index in [0.717, 1.165) is 23.6 Å². The molecule has 0 aromatic carbocycles. The van der Waals surface area contributed by atoms with Crippen molar-refractivity contribution in [2.45, 2.75) is 39.7 Å². The number of aryl methyl sites for hydroxylation is 1. The first-order chi connectivity index (χ1) is 10.8. The van der Waals surface area contributed by atoms with Gasteiger partial charge in [-0.2, -0.15) is 0 Å².